The van der Waals surface area contributed by atoms with Crippen LogP contribution in [0.15, 0.2) is 17.5 Å². The molecular formula is C12H15N5O2S. The third-order valence-electron chi connectivity index (χ3n) is 3.28. The SMILES string of the molecule is CC1(O)CCN(C(=O)Cn2nnc(-c3cccs3)n2)C1. The summed E-state index contributed by atoms with van der Waals surface area (Å²) in [6.45, 7) is 2.72. The number of β-amino-alcohol motifs (C(OH)–C–C–N with tert-alkyl or cyclic N) is 1. The molecule has 0 saturated carbocycles. The van der Waals surface area contributed by atoms with E-state index in [0.717, 1.165) is 4.88 Å². The first-order chi connectivity index (χ1) is 9.53. The normalized spacial score (nSPS) is 22.4. The predicted octanol–water partition coefficient (Wildman–Crippen LogP) is 0.385. The molecule has 1 amide bonds. The quantitative estimate of drug-likeness (QED) is 0.884. The molecule has 2 aromatic heterocycles. The molecule has 1 fully saturated rings. The van der Waals surface area contributed by atoms with Crippen LogP contribution in [0.2, 0.25) is 0 Å². The zero-order chi connectivity index (χ0) is 14.2. The molecule has 3 rings (SSSR count). The van der Waals surface area contributed by atoms with Crippen molar-refractivity contribution in [2.45, 2.75) is 25.5 Å². The fourth-order valence-corrected chi connectivity index (χ4v) is 2.84. The molecule has 1 aliphatic heterocycles. The fraction of sp³-hybridized carbons (Fsp3) is 0.500. The number of aromatic nitrogens is 4. The zero-order valence-corrected chi connectivity index (χ0v) is 11.9. The number of carbonyl (C=O) groups is 1. The van der Waals surface area contributed by atoms with Crippen molar-refractivity contribution < 1.29 is 9.90 Å². The Balaban J connectivity index is 1.65. The van der Waals surface area contributed by atoms with Gasteiger partial charge in [0.25, 0.3) is 0 Å². The third-order valence-corrected chi connectivity index (χ3v) is 4.14. The topological polar surface area (TPSA) is 84.1 Å². The minimum Gasteiger partial charge on any atom is -0.388 e. The Labute approximate surface area is 119 Å². The summed E-state index contributed by atoms with van der Waals surface area (Å²) in [4.78, 5) is 15.9. The molecule has 0 aliphatic carbocycles. The fourth-order valence-electron chi connectivity index (χ4n) is 2.19. The lowest BCUT2D eigenvalue weighted by Crippen LogP contribution is -2.36. The van der Waals surface area contributed by atoms with Gasteiger partial charge in [0, 0.05) is 13.1 Å². The van der Waals surface area contributed by atoms with Gasteiger partial charge >= 0.3 is 0 Å². The number of hydrogen-bond acceptors (Lipinski definition) is 6. The number of tetrazole rings is 1. The standard InChI is InChI=1S/C12H15N5O2S/c1-12(19)4-5-16(8-12)10(18)7-17-14-11(13-15-17)9-3-2-6-20-9/h2-3,6,19H,4-5,7-8H2,1H3. The smallest absolute Gasteiger partial charge is 0.246 e. The van der Waals surface area contributed by atoms with Crippen molar-refractivity contribution in [3.63, 3.8) is 0 Å². The minimum absolute atomic E-state index is 0.0501. The van der Waals surface area contributed by atoms with Crippen LogP contribution in [0.4, 0.5) is 0 Å². The van der Waals surface area contributed by atoms with E-state index in [0.29, 0.717) is 25.3 Å². The maximum atomic E-state index is 12.1. The van der Waals surface area contributed by atoms with E-state index >= 15 is 0 Å². The molecule has 7 nitrogen and oxygen atoms in total. The number of nitrogens with zero attached hydrogens (tertiary/aromatic N) is 5. The van der Waals surface area contributed by atoms with Crippen molar-refractivity contribution in [2.24, 2.45) is 0 Å². The van der Waals surface area contributed by atoms with Crippen LogP contribution in [0.25, 0.3) is 10.7 Å². The Morgan fingerprint density at radius 1 is 1.60 bits per heavy atom. The van der Waals surface area contributed by atoms with Gasteiger partial charge in [-0.3, -0.25) is 4.79 Å². The summed E-state index contributed by atoms with van der Waals surface area (Å²) in [5.74, 6) is 0.430. The third kappa shape index (κ3) is 2.70. The molecule has 1 aliphatic rings. The Morgan fingerprint density at radius 2 is 2.45 bits per heavy atom. The summed E-state index contributed by atoms with van der Waals surface area (Å²) in [5.41, 5.74) is -0.784. The highest BCUT2D eigenvalue weighted by molar-refractivity contribution is 7.13. The molecule has 3 heterocycles. The van der Waals surface area contributed by atoms with Gasteiger partial charge in [-0.1, -0.05) is 6.07 Å². The highest BCUT2D eigenvalue weighted by Gasteiger charge is 2.34. The maximum Gasteiger partial charge on any atom is 0.246 e. The van der Waals surface area contributed by atoms with E-state index in [1.807, 2.05) is 17.5 Å². The lowest BCUT2D eigenvalue weighted by molar-refractivity contribution is -0.132. The number of amides is 1. The first kappa shape index (κ1) is 13.2. The molecule has 0 spiro atoms. The minimum atomic E-state index is -0.784. The first-order valence-corrected chi connectivity index (χ1v) is 7.23. The maximum absolute atomic E-state index is 12.1. The Kier molecular flexibility index (Phi) is 3.27. The van der Waals surface area contributed by atoms with E-state index in [4.69, 9.17) is 0 Å². The van der Waals surface area contributed by atoms with Gasteiger partial charge in [0.15, 0.2) is 0 Å². The molecule has 20 heavy (non-hydrogen) atoms. The molecule has 106 valence electrons. The second-order valence-corrected chi connectivity index (χ2v) is 6.13. The van der Waals surface area contributed by atoms with Crippen molar-refractivity contribution in [3.05, 3.63) is 17.5 Å². The van der Waals surface area contributed by atoms with Crippen LogP contribution in [-0.2, 0) is 11.3 Å². The van der Waals surface area contributed by atoms with Gasteiger partial charge in [0.1, 0.15) is 6.54 Å². The van der Waals surface area contributed by atoms with E-state index in [-0.39, 0.29) is 12.5 Å². The second-order valence-electron chi connectivity index (χ2n) is 5.18. The van der Waals surface area contributed by atoms with E-state index in [9.17, 15) is 9.90 Å². The molecule has 1 atom stereocenters. The van der Waals surface area contributed by atoms with E-state index in [1.54, 1.807) is 11.8 Å². The average Bonchev–Trinajstić information content (AvgIpc) is 3.07. The summed E-state index contributed by atoms with van der Waals surface area (Å²) in [6, 6.07) is 3.82. The monoisotopic (exact) mass is 293 g/mol. The molecule has 1 N–H and O–H groups in total. The summed E-state index contributed by atoms with van der Waals surface area (Å²) < 4.78 is 0. The van der Waals surface area contributed by atoms with Crippen LogP contribution in [0.5, 0.6) is 0 Å². The summed E-state index contributed by atoms with van der Waals surface area (Å²) in [6.07, 6.45) is 0.601. The van der Waals surface area contributed by atoms with Gasteiger partial charge in [-0.25, -0.2) is 0 Å². The molecule has 1 saturated heterocycles. The van der Waals surface area contributed by atoms with Crippen LogP contribution in [0, 0.1) is 0 Å². The lowest BCUT2D eigenvalue weighted by Gasteiger charge is -2.18. The van der Waals surface area contributed by atoms with E-state index < -0.39 is 5.60 Å². The highest BCUT2D eigenvalue weighted by atomic mass is 32.1. The van der Waals surface area contributed by atoms with Crippen molar-refractivity contribution in [2.75, 3.05) is 13.1 Å². The lowest BCUT2D eigenvalue weighted by atomic mass is 10.1. The van der Waals surface area contributed by atoms with Crippen molar-refractivity contribution in [1.82, 2.24) is 25.1 Å². The van der Waals surface area contributed by atoms with E-state index in [1.165, 1.54) is 16.1 Å². The molecular weight excluding hydrogens is 278 g/mol. The average molecular weight is 293 g/mol. The van der Waals surface area contributed by atoms with Crippen molar-refractivity contribution in [3.8, 4) is 10.7 Å². The van der Waals surface area contributed by atoms with Gasteiger partial charge < -0.3 is 10.0 Å². The molecule has 0 bridgehead atoms. The molecule has 2 aromatic rings. The summed E-state index contributed by atoms with van der Waals surface area (Å²) in [5, 5.41) is 23.8. The van der Waals surface area contributed by atoms with E-state index in [2.05, 4.69) is 15.4 Å². The van der Waals surface area contributed by atoms with Crippen LogP contribution in [0.1, 0.15) is 13.3 Å². The van der Waals surface area contributed by atoms with Gasteiger partial charge in [-0.2, -0.15) is 4.80 Å². The number of thiophene rings is 1. The number of carbonyl (C=O) groups excluding carboxylic acids is 1. The summed E-state index contributed by atoms with van der Waals surface area (Å²) >= 11 is 1.53. The van der Waals surface area contributed by atoms with Gasteiger partial charge in [0.05, 0.1) is 10.5 Å². The molecule has 1 unspecified atom stereocenters. The molecule has 0 aromatic carbocycles. The first-order valence-electron chi connectivity index (χ1n) is 6.35. The van der Waals surface area contributed by atoms with Crippen molar-refractivity contribution >= 4 is 17.2 Å². The Hall–Kier alpha value is -1.80. The summed E-state index contributed by atoms with van der Waals surface area (Å²) in [7, 11) is 0. The number of hydrogen-bond donors (Lipinski definition) is 1. The number of aliphatic hydroxyl groups is 1. The predicted molar refractivity (Wildman–Crippen MR) is 73.0 cm³/mol. The largest absolute Gasteiger partial charge is 0.388 e. The van der Waals surface area contributed by atoms with Gasteiger partial charge in [0.2, 0.25) is 11.7 Å². The molecule has 8 heteroatoms. The zero-order valence-electron chi connectivity index (χ0n) is 11.1. The number of likely N-dealkylation sites (tertiary alicyclic amines) is 1. The van der Waals surface area contributed by atoms with Gasteiger partial charge in [-0.05, 0) is 30.0 Å². The second kappa shape index (κ2) is 4.95. The molecule has 0 radical (unpaired) electrons. The van der Waals surface area contributed by atoms with Crippen LogP contribution < -0.4 is 0 Å². The Morgan fingerprint density at radius 3 is 3.10 bits per heavy atom. The van der Waals surface area contributed by atoms with Crippen LogP contribution in [0.3, 0.4) is 0 Å². The number of rotatable bonds is 3. The van der Waals surface area contributed by atoms with Crippen LogP contribution in [-0.4, -0.2) is 54.8 Å². The van der Waals surface area contributed by atoms with Crippen LogP contribution >= 0.6 is 11.3 Å². The van der Waals surface area contributed by atoms with Gasteiger partial charge in [-0.15, -0.1) is 21.5 Å². The Bertz CT molecular complexity index is 607. The highest BCUT2D eigenvalue weighted by Crippen LogP contribution is 2.21. The van der Waals surface area contributed by atoms with Crippen molar-refractivity contribution in [1.29, 1.82) is 0 Å².